The van der Waals surface area contributed by atoms with E-state index < -0.39 is 0 Å². The molecule has 0 aromatic heterocycles. The third-order valence-corrected chi connectivity index (χ3v) is 2.81. The summed E-state index contributed by atoms with van der Waals surface area (Å²) in [7, 11) is 6.31. The summed E-state index contributed by atoms with van der Waals surface area (Å²) >= 11 is 3.39. The average Bonchev–Trinajstić information content (AvgIpc) is 2.35. The molecule has 0 unspecified atom stereocenters. The highest BCUT2D eigenvalue weighted by Gasteiger charge is 2.20. The molecule has 0 radical (unpaired) electrons. The van der Waals surface area contributed by atoms with E-state index in [9.17, 15) is 0 Å². The standard InChI is InChI=1S/C11H15BrO4/c1-13-8-5-7(6-12)9(14-2)11(16-4)10(8)15-3/h5H,6H2,1-4H3. The molecule has 0 saturated carbocycles. The van der Waals surface area contributed by atoms with Crippen LogP contribution < -0.4 is 18.9 Å². The minimum absolute atomic E-state index is 0.534. The number of hydrogen-bond acceptors (Lipinski definition) is 4. The molecule has 0 bridgehead atoms. The van der Waals surface area contributed by atoms with Gasteiger partial charge in [0.1, 0.15) is 0 Å². The maximum absolute atomic E-state index is 5.31. The van der Waals surface area contributed by atoms with Crippen LogP contribution in [0.25, 0.3) is 0 Å². The van der Waals surface area contributed by atoms with Crippen LogP contribution in [0.4, 0.5) is 0 Å². The van der Waals surface area contributed by atoms with Gasteiger partial charge in [0, 0.05) is 10.9 Å². The molecule has 5 heteroatoms. The number of ether oxygens (including phenoxy) is 4. The van der Waals surface area contributed by atoms with Crippen molar-refractivity contribution in [3.63, 3.8) is 0 Å². The molecule has 0 amide bonds. The van der Waals surface area contributed by atoms with Crippen molar-refractivity contribution in [2.24, 2.45) is 0 Å². The number of rotatable bonds is 5. The van der Waals surface area contributed by atoms with Crippen molar-refractivity contribution < 1.29 is 18.9 Å². The Balaban J connectivity index is 3.47. The van der Waals surface area contributed by atoms with E-state index in [4.69, 9.17) is 18.9 Å². The van der Waals surface area contributed by atoms with Crippen molar-refractivity contribution in [3.05, 3.63) is 11.6 Å². The number of benzene rings is 1. The van der Waals surface area contributed by atoms with E-state index in [1.807, 2.05) is 6.07 Å². The summed E-state index contributed by atoms with van der Waals surface area (Å²) < 4.78 is 21.1. The lowest BCUT2D eigenvalue weighted by Crippen LogP contribution is -2.00. The molecule has 1 rings (SSSR count). The van der Waals surface area contributed by atoms with E-state index in [0.717, 1.165) is 5.56 Å². The summed E-state index contributed by atoms with van der Waals surface area (Å²) in [5.41, 5.74) is 0.942. The fourth-order valence-electron chi connectivity index (χ4n) is 1.50. The molecular weight excluding hydrogens is 276 g/mol. The maximum Gasteiger partial charge on any atom is 0.207 e. The van der Waals surface area contributed by atoms with Gasteiger partial charge in [-0.3, -0.25) is 0 Å². The zero-order chi connectivity index (χ0) is 12.1. The third-order valence-electron chi connectivity index (χ3n) is 2.21. The van der Waals surface area contributed by atoms with Crippen LogP contribution in [0, 0.1) is 0 Å². The van der Waals surface area contributed by atoms with E-state index in [2.05, 4.69) is 15.9 Å². The van der Waals surface area contributed by atoms with Gasteiger partial charge in [0.05, 0.1) is 28.4 Å². The van der Waals surface area contributed by atoms with Crippen LogP contribution in [0.1, 0.15) is 5.56 Å². The van der Waals surface area contributed by atoms with Gasteiger partial charge in [0.25, 0.3) is 0 Å². The Morgan fingerprint density at radius 2 is 1.44 bits per heavy atom. The second kappa shape index (κ2) is 5.84. The van der Waals surface area contributed by atoms with Gasteiger partial charge in [-0.25, -0.2) is 0 Å². The first-order chi connectivity index (χ1) is 7.73. The molecular formula is C11H15BrO4. The highest BCUT2D eigenvalue weighted by Crippen LogP contribution is 2.46. The van der Waals surface area contributed by atoms with Crippen LogP contribution in [-0.2, 0) is 5.33 Å². The molecule has 0 spiro atoms. The first-order valence-corrected chi connectivity index (χ1v) is 5.77. The van der Waals surface area contributed by atoms with E-state index >= 15 is 0 Å². The van der Waals surface area contributed by atoms with Gasteiger partial charge in [-0.1, -0.05) is 15.9 Å². The molecule has 0 saturated heterocycles. The van der Waals surface area contributed by atoms with Crippen molar-refractivity contribution in [3.8, 4) is 23.0 Å². The van der Waals surface area contributed by atoms with E-state index in [1.54, 1.807) is 28.4 Å². The largest absolute Gasteiger partial charge is 0.493 e. The van der Waals surface area contributed by atoms with E-state index in [0.29, 0.717) is 28.3 Å². The van der Waals surface area contributed by atoms with Gasteiger partial charge < -0.3 is 18.9 Å². The van der Waals surface area contributed by atoms with Crippen LogP contribution in [0.15, 0.2) is 6.07 Å². The Bertz CT molecular complexity index is 335. The fraction of sp³-hybridized carbons (Fsp3) is 0.455. The third kappa shape index (κ3) is 2.19. The topological polar surface area (TPSA) is 36.9 Å². The number of hydrogen-bond donors (Lipinski definition) is 0. The predicted molar refractivity (Wildman–Crippen MR) is 65.3 cm³/mol. The van der Waals surface area contributed by atoms with Crippen molar-refractivity contribution >= 4 is 15.9 Å². The molecule has 16 heavy (non-hydrogen) atoms. The lowest BCUT2D eigenvalue weighted by molar-refractivity contribution is 0.304. The molecule has 1 aromatic carbocycles. The predicted octanol–water partition coefficient (Wildman–Crippen LogP) is 2.62. The SMILES string of the molecule is COc1cc(CBr)c(OC)c(OC)c1OC. The Labute approximate surface area is 104 Å². The van der Waals surface area contributed by atoms with Crippen molar-refractivity contribution in [1.82, 2.24) is 0 Å². The smallest absolute Gasteiger partial charge is 0.207 e. The molecule has 0 N–H and O–H groups in total. The molecule has 0 atom stereocenters. The fourth-order valence-corrected chi connectivity index (χ4v) is 1.92. The van der Waals surface area contributed by atoms with Crippen LogP contribution >= 0.6 is 15.9 Å². The van der Waals surface area contributed by atoms with Gasteiger partial charge in [-0.15, -0.1) is 0 Å². The Hall–Kier alpha value is -1.10. The maximum atomic E-state index is 5.31. The molecule has 0 heterocycles. The molecule has 0 fully saturated rings. The van der Waals surface area contributed by atoms with Gasteiger partial charge >= 0.3 is 0 Å². The first kappa shape index (κ1) is 13.0. The number of methoxy groups -OCH3 is 4. The van der Waals surface area contributed by atoms with E-state index in [-0.39, 0.29) is 0 Å². The zero-order valence-corrected chi connectivity index (χ0v) is 11.4. The molecule has 0 aliphatic carbocycles. The van der Waals surface area contributed by atoms with Gasteiger partial charge in [-0.05, 0) is 6.07 Å². The second-order valence-corrected chi connectivity index (χ2v) is 3.53. The Kier molecular flexibility index (Phi) is 4.73. The van der Waals surface area contributed by atoms with Gasteiger partial charge in [0.2, 0.25) is 11.5 Å². The molecule has 1 aromatic rings. The summed E-state index contributed by atoms with van der Waals surface area (Å²) in [5.74, 6) is 2.34. The van der Waals surface area contributed by atoms with Crippen molar-refractivity contribution in [1.29, 1.82) is 0 Å². The van der Waals surface area contributed by atoms with Crippen LogP contribution in [0.2, 0.25) is 0 Å². The molecule has 0 aliphatic heterocycles. The summed E-state index contributed by atoms with van der Waals surface area (Å²) in [5, 5.41) is 0.646. The number of halogens is 1. The normalized spacial score (nSPS) is 9.81. The zero-order valence-electron chi connectivity index (χ0n) is 9.80. The van der Waals surface area contributed by atoms with Gasteiger partial charge in [-0.2, -0.15) is 0 Å². The van der Waals surface area contributed by atoms with Crippen LogP contribution in [0.5, 0.6) is 23.0 Å². The van der Waals surface area contributed by atoms with Crippen molar-refractivity contribution in [2.45, 2.75) is 5.33 Å². The monoisotopic (exact) mass is 290 g/mol. The minimum Gasteiger partial charge on any atom is -0.493 e. The van der Waals surface area contributed by atoms with Gasteiger partial charge in [0.15, 0.2) is 11.5 Å². The average molecular weight is 291 g/mol. The molecule has 4 nitrogen and oxygen atoms in total. The summed E-state index contributed by atoms with van der Waals surface area (Å²) in [4.78, 5) is 0. The van der Waals surface area contributed by atoms with Crippen LogP contribution in [-0.4, -0.2) is 28.4 Å². The highest BCUT2D eigenvalue weighted by molar-refractivity contribution is 9.08. The highest BCUT2D eigenvalue weighted by atomic mass is 79.9. The minimum atomic E-state index is 0.534. The summed E-state index contributed by atoms with van der Waals surface area (Å²) in [6.07, 6.45) is 0. The molecule has 90 valence electrons. The van der Waals surface area contributed by atoms with E-state index in [1.165, 1.54) is 0 Å². The Morgan fingerprint density at radius 1 is 0.875 bits per heavy atom. The molecule has 0 aliphatic rings. The quantitative estimate of drug-likeness (QED) is 0.781. The Morgan fingerprint density at radius 3 is 1.81 bits per heavy atom. The van der Waals surface area contributed by atoms with Crippen LogP contribution in [0.3, 0.4) is 0 Å². The van der Waals surface area contributed by atoms with Crippen molar-refractivity contribution in [2.75, 3.05) is 28.4 Å². The first-order valence-electron chi connectivity index (χ1n) is 4.65. The number of alkyl halides is 1. The lowest BCUT2D eigenvalue weighted by atomic mass is 10.1. The summed E-state index contributed by atoms with van der Waals surface area (Å²) in [6.45, 7) is 0. The second-order valence-electron chi connectivity index (χ2n) is 2.97. The lowest BCUT2D eigenvalue weighted by Gasteiger charge is -2.17. The summed E-state index contributed by atoms with van der Waals surface area (Å²) in [6, 6.07) is 1.86.